The molecule has 0 aliphatic carbocycles. The van der Waals surface area contributed by atoms with Crippen LogP contribution in [0.3, 0.4) is 0 Å². The summed E-state index contributed by atoms with van der Waals surface area (Å²) in [7, 11) is -8.16. The lowest BCUT2D eigenvalue weighted by Crippen LogP contribution is -2.14. The zero-order chi connectivity index (χ0) is 23.6. The van der Waals surface area contributed by atoms with Crippen molar-refractivity contribution in [1.82, 2.24) is 0 Å². The van der Waals surface area contributed by atoms with Gasteiger partial charge in [-0.25, -0.2) is 8.42 Å². The first-order chi connectivity index (χ1) is 15.6. The highest BCUT2D eigenvalue weighted by atomic mass is 32.2. The predicted octanol–water partition coefficient (Wildman–Crippen LogP) is 5.61. The summed E-state index contributed by atoms with van der Waals surface area (Å²) in [6.45, 7) is 1.69. The van der Waals surface area contributed by atoms with E-state index in [1.54, 1.807) is 67.6 Å². The number of sulfonamides is 1. The lowest BCUT2D eigenvalue weighted by atomic mass is 10.1. The van der Waals surface area contributed by atoms with Crippen LogP contribution in [-0.2, 0) is 20.1 Å². The van der Waals surface area contributed by atoms with Gasteiger partial charge in [0.15, 0.2) is 0 Å². The molecule has 0 unspecified atom stereocenters. The molecule has 0 atom stereocenters. The lowest BCUT2D eigenvalue weighted by Gasteiger charge is -2.10. The highest BCUT2D eigenvalue weighted by Crippen LogP contribution is 2.30. The van der Waals surface area contributed by atoms with Crippen LogP contribution in [0.4, 0.5) is 17.1 Å². The molecule has 0 aromatic heterocycles. The van der Waals surface area contributed by atoms with Crippen molar-refractivity contribution in [2.75, 3.05) is 4.72 Å². The predicted molar refractivity (Wildman–Crippen MR) is 126 cm³/mol. The van der Waals surface area contributed by atoms with Gasteiger partial charge in [-0.3, -0.25) is 9.27 Å². The van der Waals surface area contributed by atoms with Crippen molar-refractivity contribution >= 4 is 48.0 Å². The number of azo groups is 1. The van der Waals surface area contributed by atoms with Crippen molar-refractivity contribution < 1.29 is 21.4 Å². The van der Waals surface area contributed by atoms with E-state index in [0.29, 0.717) is 33.4 Å². The van der Waals surface area contributed by atoms with Crippen LogP contribution in [-0.4, -0.2) is 21.4 Å². The molecule has 0 aliphatic heterocycles. The first kappa shape index (κ1) is 22.6. The Morgan fingerprint density at radius 1 is 0.788 bits per heavy atom. The molecule has 2 N–H and O–H groups in total. The Labute approximate surface area is 191 Å². The van der Waals surface area contributed by atoms with E-state index in [-0.39, 0.29) is 9.79 Å². The fraction of sp³-hybridized carbons (Fsp3) is 0.0435. The van der Waals surface area contributed by atoms with Crippen LogP contribution in [0, 0.1) is 6.92 Å². The van der Waals surface area contributed by atoms with Crippen LogP contribution in [0.2, 0.25) is 0 Å². The molecule has 8 nitrogen and oxygen atoms in total. The van der Waals surface area contributed by atoms with Crippen LogP contribution in [0.1, 0.15) is 5.56 Å². The van der Waals surface area contributed by atoms with Gasteiger partial charge in [-0.1, -0.05) is 42.5 Å². The molecule has 0 saturated heterocycles. The van der Waals surface area contributed by atoms with E-state index >= 15 is 0 Å². The number of nitrogens with zero attached hydrogens (tertiary/aromatic N) is 2. The van der Waals surface area contributed by atoms with Crippen molar-refractivity contribution in [3.8, 4) is 0 Å². The summed E-state index contributed by atoms with van der Waals surface area (Å²) in [5.41, 5.74) is 1.80. The van der Waals surface area contributed by atoms with Gasteiger partial charge in [0, 0.05) is 11.1 Å². The molecule has 0 spiro atoms. The van der Waals surface area contributed by atoms with Crippen molar-refractivity contribution in [1.29, 1.82) is 0 Å². The van der Waals surface area contributed by atoms with Gasteiger partial charge in [0.25, 0.3) is 20.1 Å². The highest BCUT2D eigenvalue weighted by molar-refractivity contribution is 7.92. The largest absolute Gasteiger partial charge is 0.294 e. The van der Waals surface area contributed by atoms with E-state index in [9.17, 15) is 21.4 Å². The molecule has 4 aromatic carbocycles. The Kier molecular flexibility index (Phi) is 5.98. The van der Waals surface area contributed by atoms with E-state index in [2.05, 4.69) is 15.0 Å². The summed E-state index contributed by atoms with van der Waals surface area (Å²) in [5, 5.41) is 9.60. The third-order valence-electron chi connectivity index (χ3n) is 4.89. The zero-order valence-electron chi connectivity index (χ0n) is 17.4. The van der Waals surface area contributed by atoms with Crippen molar-refractivity contribution in [3.05, 3.63) is 90.5 Å². The maximum Gasteiger partial charge on any atom is 0.294 e. The monoisotopic (exact) mass is 481 g/mol. The van der Waals surface area contributed by atoms with E-state index in [4.69, 9.17) is 0 Å². The molecule has 10 heteroatoms. The molecule has 4 rings (SSSR count). The number of para-hydroxylation sites is 1. The zero-order valence-corrected chi connectivity index (χ0v) is 19.0. The first-order valence-electron chi connectivity index (χ1n) is 9.74. The molecule has 4 aromatic rings. The molecule has 0 fully saturated rings. The lowest BCUT2D eigenvalue weighted by molar-refractivity contribution is 0.483. The SMILES string of the molecule is Cc1ccc(N=Nc2cccc3cc(S(=O)(=O)O)ccc23)cc1S(=O)(=O)Nc1ccccc1. The molecular formula is C23H19N3O5S2. The molecule has 168 valence electrons. The van der Waals surface area contributed by atoms with Gasteiger partial charge in [0.2, 0.25) is 0 Å². The minimum Gasteiger partial charge on any atom is -0.282 e. The van der Waals surface area contributed by atoms with Gasteiger partial charge in [-0.05, 0) is 60.3 Å². The molecule has 0 aliphatic rings. The van der Waals surface area contributed by atoms with E-state index in [1.807, 2.05) is 0 Å². The van der Waals surface area contributed by atoms with Crippen LogP contribution in [0.25, 0.3) is 10.8 Å². The average Bonchev–Trinajstić information content (AvgIpc) is 2.77. The minimum atomic E-state index is -4.32. The Balaban J connectivity index is 1.68. The molecule has 0 radical (unpaired) electrons. The van der Waals surface area contributed by atoms with Crippen LogP contribution in [0.15, 0.2) is 105 Å². The quantitative estimate of drug-likeness (QED) is 0.273. The fourth-order valence-corrected chi connectivity index (χ4v) is 5.10. The topological polar surface area (TPSA) is 125 Å². The maximum absolute atomic E-state index is 12.9. The summed E-state index contributed by atoms with van der Waals surface area (Å²) in [6.07, 6.45) is 0. The average molecular weight is 482 g/mol. The Morgan fingerprint density at radius 2 is 1.55 bits per heavy atom. The van der Waals surface area contributed by atoms with Gasteiger partial charge in [-0.2, -0.15) is 13.5 Å². The summed E-state index contributed by atoms with van der Waals surface area (Å²) in [4.78, 5) is -0.137. The van der Waals surface area contributed by atoms with Gasteiger partial charge < -0.3 is 0 Å². The molecular weight excluding hydrogens is 462 g/mol. The number of benzene rings is 4. The second-order valence-electron chi connectivity index (χ2n) is 7.26. The third kappa shape index (κ3) is 5.08. The summed E-state index contributed by atoms with van der Waals surface area (Å²) in [6, 6.07) is 22.5. The van der Waals surface area contributed by atoms with Gasteiger partial charge in [0.05, 0.1) is 21.2 Å². The van der Waals surface area contributed by atoms with Crippen LogP contribution in [0.5, 0.6) is 0 Å². The number of anilines is 1. The second kappa shape index (κ2) is 8.74. The number of aryl methyl sites for hydroxylation is 1. The minimum absolute atomic E-state index is 0.0820. The number of hydrogen-bond acceptors (Lipinski definition) is 6. The fourth-order valence-electron chi connectivity index (χ4n) is 3.26. The molecule has 0 amide bonds. The van der Waals surface area contributed by atoms with E-state index < -0.39 is 20.1 Å². The highest BCUT2D eigenvalue weighted by Gasteiger charge is 2.18. The van der Waals surface area contributed by atoms with Gasteiger partial charge in [-0.15, -0.1) is 5.11 Å². The standard InChI is InChI=1S/C23H19N3O5S2/c1-16-10-11-19(15-23(16)32(27,28)26-18-7-3-2-4-8-18)24-25-22-9-5-6-17-14-20(33(29,30)31)12-13-21(17)22/h2-15,26H,1H3,(H,29,30,31). The van der Waals surface area contributed by atoms with Crippen LogP contribution < -0.4 is 4.72 Å². The molecule has 0 bridgehead atoms. The molecule has 0 saturated carbocycles. The van der Waals surface area contributed by atoms with Crippen molar-refractivity contribution in [2.24, 2.45) is 10.2 Å². The Hall–Kier alpha value is -3.60. The van der Waals surface area contributed by atoms with Gasteiger partial charge in [0.1, 0.15) is 0 Å². The smallest absolute Gasteiger partial charge is 0.282 e. The number of nitrogens with one attached hydrogen (secondary N) is 1. The van der Waals surface area contributed by atoms with Crippen molar-refractivity contribution in [2.45, 2.75) is 16.7 Å². The number of hydrogen-bond donors (Lipinski definition) is 2. The van der Waals surface area contributed by atoms with Gasteiger partial charge >= 0.3 is 0 Å². The van der Waals surface area contributed by atoms with E-state index in [1.165, 1.54) is 24.3 Å². The normalized spacial score (nSPS) is 12.3. The summed E-state index contributed by atoms with van der Waals surface area (Å²) >= 11 is 0. The van der Waals surface area contributed by atoms with Crippen LogP contribution >= 0.6 is 0 Å². The van der Waals surface area contributed by atoms with Crippen molar-refractivity contribution in [3.63, 3.8) is 0 Å². The Morgan fingerprint density at radius 3 is 2.27 bits per heavy atom. The number of fused-ring (bicyclic) bond motifs is 1. The molecule has 33 heavy (non-hydrogen) atoms. The third-order valence-corrected chi connectivity index (χ3v) is 7.26. The Bertz CT molecular complexity index is 1580. The maximum atomic E-state index is 12.9. The number of rotatable bonds is 6. The summed E-state index contributed by atoms with van der Waals surface area (Å²) < 4.78 is 60.3. The van der Waals surface area contributed by atoms with E-state index in [0.717, 1.165) is 0 Å². The second-order valence-corrected chi connectivity index (χ2v) is 10.3. The first-order valence-corrected chi connectivity index (χ1v) is 12.7. The molecule has 0 heterocycles. The summed E-state index contributed by atoms with van der Waals surface area (Å²) in [5.74, 6) is 0.